The van der Waals surface area contributed by atoms with Crippen LogP contribution in [0.4, 0.5) is 0 Å². The molecule has 13 heavy (non-hydrogen) atoms. The Bertz CT molecular complexity index is 249. The van der Waals surface area contributed by atoms with Crippen molar-refractivity contribution in [3.05, 3.63) is 29.3 Å². The van der Waals surface area contributed by atoms with E-state index in [9.17, 15) is 0 Å². The largest absolute Gasteiger partial charge is 1.45 e. The van der Waals surface area contributed by atoms with E-state index in [0.29, 0.717) is 0 Å². The Kier molecular flexibility index (Phi) is 10.2. The zero-order chi connectivity index (χ0) is 8.27. The number of aryl methyl sites for hydroxylation is 2. The maximum Gasteiger partial charge on any atom is 1.00 e. The first-order chi connectivity index (χ1) is 5.27. The van der Waals surface area contributed by atoms with E-state index in [2.05, 4.69) is 41.3 Å². The van der Waals surface area contributed by atoms with Gasteiger partial charge in [0.1, 0.15) is 0 Å². The van der Waals surface area contributed by atoms with Crippen molar-refractivity contribution >= 4 is 14.5 Å². The van der Waals surface area contributed by atoms with Crippen molar-refractivity contribution in [2.24, 2.45) is 0 Å². The van der Waals surface area contributed by atoms with Crippen LogP contribution in [0.3, 0.4) is 0 Å². The van der Waals surface area contributed by atoms with Crippen LogP contribution in [0.15, 0.2) is 18.2 Å². The van der Waals surface area contributed by atoms with E-state index in [-0.39, 0.29) is 37.7 Å². The molecule has 0 fully saturated rings. The Hall–Kier alpha value is 0.845. The summed E-state index contributed by atoms with van der Waals surface area (Å²) in [6.07, 6.45) is 2.17. The van der Waals surface area contributed by atoms with E-state index in [0.717, 1.165) is 18.1 Å². The fourth-order valence-corrected chi connectivity index (χ4v) is 1.53. The molecule has 0 heterocycles. The van der Waals surface area contributed by atoms with E-state index in [1.54, 1.807) is 0 Å². The van der Waals surface area contributed by atoms with Crippen LogP contribution in [-0.4, -0.2) is 0 Å². The summed E-state index contributed by atoms with van der Waals surface area (Å²) in [6.45, 7) is 4.31. The molecule has 1 aromatic rings. The topological polar surface area (TPSA) is 0 Å². The molecule has 3 heteroatoms. The van der Waals surface area contributed by atoms with E-state index in [4.69, 9.17) is 0 Å². The fraction of sp³-hybridized carbons (Fsp3) is 0.400. The van der Waals surface area contributed by atoms with Crippen molar-refractivity contribution in [2.75, 3.05) is 0 Å². The Labute approximate surface area is 108 Å². The maximum atomic E-state index is 4.40. The molecular weight excluding hydrogens is 165 g/mol. The van der Waals surface area contributed by atoms with Gasteiger partial charge in [-0.15, -0.1) is 11.6 Å². The summed E-state index contributed by atoms with van der Waals surface area (Å²) < 4.78 is 0. The second-order valence-corrected chi connectivity index (χ2v) is 3.15. The van der Waals surface area contributed by atoms with Gasteiger partial charge in [0.25, 0.3) is 0 Å². The van der Waals surface area contributed by atoms with Crippen molar-refractivity contribution in [1.82, 2.24) is 0 Å². The number of rotatable bonds is 2. The molecule has 0 atom stereocenters. The minimum absolute atomic E-state index is 0. The van der Waals surface area contributed by atoms with Gasteiger partial charge < -0.3 is 14.5 Å². The van der Waals surface area contributed by atoms with Gasteiger partial charge in [0.05, 0.1) is 0 Å². The maximum absolute atomic E-state index is 4.40. The summed E-state index contributed by atoms with van der Waals surface area (Å²) in [7, 11) is 4.40. The van der Waals surface area contributed by atoms with Crippen LogP contribution in [0.5, 0.6) is 0 Å². The quantitative estimate of drug-likeness (QED) is 0.331. The van der Waals surface area contributed by atoms with Crippen molar-refractivity contribution in [2.45, 2.75) is 26.7 Å². The summed E-state index contributed by atoms with van der Waals surface area (Å²) in [5.74, 6) is 0. The molecule has 0 radical (unpaired) electrons. The van der Waals surface area contributed by atoms with E-state index < -0.39 is 0 Å². The fourth-order valence-electron chi connectivity index (χ4n) is 1.13. The third kappa shape index (κ3) is 4.74. The van der Waals surface area contributed by atoms with Crippen LogP contribution in [0.2, 0.25) is 0 Å². The Morgan fingerprint density at radius 3 is 2.08 bits per heavy atom. The van der Waals surface area contributed by atoms with Crippen molar-refractivity contribution < 1.29 is 37.7 Å². The van der Waals surface area contributed by atoms with E-state index >= 15 is 0 Å². The van der Waals surface area contributed by atoms with Gasteiger partial charge in [0.15, 0.2) is 0 Å². The molecule has 0 aromatic heterocycles. The average Bonchev–Trinajstić information content (AvgIpc) is 2.04. The van der Waals surface area contributed by atoms with Gasteiger partial charge in [-0.1, -0.05) is 31.5 Å². The summed E-state index contributed by atoms with van der Waals surface area (Å²) in [4.78, 5) is 0. The molecule has 0 bridgehead atoms. The molecule has 0 spiro atoms. The molecule has 0 unspecified atom stereocenters. The van der Waals surface area contributed by atoms with E-state index in [1.807, 2.05) is 0 Å². The second kappa shape index (κ2) is 8.18. The Balaban J connectivity index is 0. The summed E-state index contributed by atoms with van der Waals surface area (Å²) in [5, 5.41) is 1.13. The number of benzene rings is 1. The first-order valence-electron chi connectivity index (χ1n) is 4.08. The molecule has 0 N–H and O–H groups in total. The molecule has 0 aliphatic carbocycles. The van der Waals surface area contributed by atoms with Gasteiger partial charge in [-0.05, 0) is 12.8 Å². The van der Waals surface area contributed by atoms with Crippen molar-refractivity contribution in [1.29, 1.82) is 0 Å². The first-order valence-corrected chi connectivity index (χ1v) is 4.53. The van der Waals surface area contributed by atoms with Gasteiger partial charge in [-0.3, -0.25) is 0 Å². The minimum atomic E-state index is 0. The summed E-state index contributed by atoms with van der Waals surface area (Å²) >= 11 is 0. The van der Waals surface area contributed by atoms with Crippen molar-refractivity contribution in [3.63, 3.8) is 0 Å². The SMILES string of the molecule is CCc1ccc(CC)c([P-2])c1.[Li+].[Li+]. The van der Waals surface area contributed by atoms with Gasteiger partial charge in [0, 0.05) is 0 Å². The molecule has 0 aliphatic rings. The normalized spacial score (nSPS) is 8.54. The standard InChI is InChI=1S/C10H13P.2Li/c1-3-8-5-6-9(4-2)10(11)7-8;;/h5-7H,3-4H2,1-2H3;;/q-2;2*+1. The van der Waals surface area contributed by atoms with Crippen molar-refractivity contribution in [3.8, 4) is 0 Å². The predicted molar refractivity (Wildman–Crippen MR) is 51.8 cm³/mol. The smallest absolute Gasteiger partial charge is 1.00 e. The van der Waals surface area contributed by atoms with Crippen LogP contribution in [0, 0.1) is 0 Å². The molecule has 1 rings (SSSR count). The molecular formula is C10H13Li2P. The van der Waals surface area contributed by atoms with Crippen LogP contribution in [0.25, 0.3) is 0 Å². The van der Waals surface area contributed by atoms with Crippen LogP contribution < -0.4 is 43.0 Å². The first kappa shape index (κ1) is 16.3. The van der Waals surface area contributed by atoms with Gasteiger partial charge in [-0.25, -0.2) is 0 Å². The third-order valence-corrected chi connectivity index (χ3v) is 2.36. The molecule has 60 valence electrons. The van der Waals surface area contributed by atoms with E-state index in [1.165, 1.54) is 11.1 Å². The van der Waals surface area contributed by atoms with Gasteiger partial charge in [0.2, 0.25) is 0 Å². The predicted octanol–water partition coefficient (Wildman–Crippen LogP) is -3.14. The average molecular weight is 178 g/mol. The summed E-state index contributed by atoms with van der Waals surface area (Å²) in [6, 6.07) is 6.50. The van der Waals surface area contributed by atoms with Gasteiger partial charge >= 0.3 is 37.7 Å². The molecule has 0 saturated heterocycles. The monoisotopic (exact) mass is 178 g/mol. The summed E-state index contributed by atoms with van der Waals surface area (Å²) in [5.41, 5.74) is 2.71. The molecule has 0 nitrogen and oxygen atoms in total. The molecule has 0 saturated carbocycles. The third-order valence-electron chi connectivity index (χ3n) is 1.94. The van der Waals surface area contributed by atoms with Crippen LogP contribution in [-0.2, 0) is 12.8 Å². The van der Waals surface area contributed by atoms with Crippen LogP contribution >= 0.6 is 9.24 Å². The number of hydrogen-bond donors (Lipinski definition) is 0. The Morgan fingerprint density at radius 1 is 1.08 bits per heavy atom. The molecule has 0 aliphatic heterocycles. The zero-order valence-electron chi connectivity index (χ0n) is 9.09. The molecule has 1 aromatic carbocycles. The molecule has 0 amide bonds. The zero-order valence-corrected chi connectivity index (χ0v) is 9.99. The van der Waals surface area contributed by atoms with Crippen LogP contribution in [0.1, 0.15) is 25.0 Å². The minimum Gasteiger partial charge on any atom is -1.45 e. The second-order valence-electron chi connectivity index (χ2n) is 2.67. The van der Waals surface area contributed by atoms with Gasteiger partial charge in [-0.2, -0.15) is 0 Å². The Morgan fingerprint density at radius 2 is 1.69 bits per heavy atom. The number of hydrogen-bond acceptors (Lipinski definition) is 0.